The molecule has 0 aliphatic heterocycles. The van der Waals surface area contributed by atoms with E-state index < -0.39 is 6.16 Å². The van der Waals surface area contributed by atoms with Crippen LogP contribution in [0.5, 0.6) is 0 Å². The Balaban J connectivity index is 1.47. The largest absolute Gasteiger partial charge is 0.508 e. The first-order chi connectivity index (χ1) is 9.62. The van der Waals surface area contributed by atoms with Crippen LogP contribution in [-0.2, 0) is 9.47 Å². The molecule has 0 aromatic heterocycles. The van der Waals surface area contributed by atoms with E-state index >= 15 is 0 Å². The minimum atomic E-state index is -0.499. The van der Waals surface area contributed by atoms with Gasteiger partial charge in [-0.3, -0.25) is 0 Å². The van der Waals surface area contributed by atoms with Crippen molar-refractivity contribution in [3.05, 3.63) is 12.2 Å². The molecule has 4 aliphatic carbocycles. The van der Waals surface area contributed by atoms with Crippen molar-refractivity contribution in [3.8, 4) is 0 Å². The second-order valence-electron chi connectivity index (χ2n) is 7.54. The summed E-state index contributed by atoms with van der Waals surface area (Å²) in [5.74, 6) is 5.07. The molecular weight excluding hydrogens is 252 g/mol. The second-order valence-corrected chi connectivity index (χ2v) is 7.54. The van der Waals surface area contributed by atoms with E-state index in [2.05, 4.69) is 19.1 Å². The average molecular weight is 276 g/mol. The molecule has 0 amide bonds. The fraction of sp³-hybridized carbons (Fsp3) is 0.824. The van der Waals surface area contributed by atoms with E-state index in [0.717, 1.165) is 35.5 Å². The van der Waals surface area contributed by atoms with Crippen LogP contribution in [0, 0.1) is 40.9 Å². The highest BCUT2D eigenvalue weighted by Gasteiger charge is 2.64. The standard InChI is InChI=1S/C17H24O3/c1-3-19-16(18)20-9-17(2)8-12-7-13(17)15-11-5-4-10(6-11)14(12)15/h4-5,10-15H,3,6-9H2,1-2H3. The third-order valence-corrected chi connectivity index (χ3v) is 6.55. The first kappa shape index (κ1) is 12.7. The summed E-state index contributed by atoms with van der Waals surface area (Å²) in [6, 6.07) is 0. The number of hydrogen-bond acceptors (Lipinski definition) is 3. The minimum absolute atomic E-state index is 0.177. The highest BCUT2D eigenvalue weighted by molar-refractivity contribution is 5.59. The lowest BCUT2D eigenvalue weighted by molar-refractivity contribution is -0.0140. The molecule has 20 heavy (non-hydrogen) atoms. The topological polar surface area (TPSA) is 35.5 Å². The van der Waals surface area contributed by atoms with E-state index in [1.54, 1.807) is 0 Å². The number of carbonyl (C=O) groups is 1. The van der Waals surface area contributed by atoms with Crippen LogP contribution in [0.1, 0.15) is 33.1 Å². The van der Waals surface area contributed by atoms with Crippen LogP contribution in [0.3, 0.4) is 0 Å². The molecule has 3 nitrogen and oxygen atoms in total. The highest BCUT2D eigenvalue weighted by atomic mass is 16.7. The number of allylic oxidation sites excluding steroid dienone is 2. The number of ether oxygens (including phenoxy) is 2. The Morgan fingerprint density at radius 2 is 1.95 bits per heavy atom. The fourth-order valence-electron chi connectivity index (χ4n) is 6.04. The van der Waals surface area contributed by atoms with Crippen LogP contribution in [0.15, 0.2) is 12.2 Å². The SMILES string of the molecule is CCOC(=O)OCC1(C)CC2CC1C1C3C=CC(C3)C21. The molecule has 110 valence electrons. The molecule has 0 aromatic rings. The third-order valence-electron chi connectivity index (χ3n) is 6.55. The molecule has 0 heterocycles. The van der Waals surface area contributed by atoms with Crippen molar-refractivity contribution in [2.45, 2.75) is 33.1 Å². The predicted octanol–water partition coefficient (Wildman–Crippen LogP) is 3.64. The van der Waals surface area contributed by atoms with Gasteiger partial charge >= 0.3 is 6.16 Å². The molecule has 4 aliphatic rings. The fourth-order valence-corrected chi connectivity index (χ4v) is 6.04. The summed E-state index contributed by atoms with van der Waals surface area (Å²) >= 11 is 0. The number of fused-ring (bicyclic) bond motifs is 9. The van der Waals surface area contributed by atoms with E-state index in [4.69, 9.17) is 9.47 Å². The molecule has 4 bridgehead atoms. The summed E-state index contributed by atoms with van der Waals surface area (Å²) in [6.07, 6.45) is 8.40. The van der Waals surface area contributed by atoms with Crippen molar-refractivity contribution in [1.82, 2.24) is 0 Å². The Morgan fingerprint density at radius 3 is 2.70 bits per heavy atom. The molecule has 0 radical (unpaired) electrons. The van der Waals surface area contributed by atoms with Crippen molar-refractivity contribution < 1.29 is 14.3 Å². The van der Waals surface area contributed by atoms with Crippen molar-refractivity contribution in [1.29, 1.82) is 0 Å². The van der Waals surface area contributed by atoms with Crippen molar-refractivity contribution >= 4 is 6.16 Å². The summed E-state index contributed by atoms with van der Waals surface area (Å²) < 4.78 is 10.3. The molecule has 3 saturated carbocycles. The number of hydrogen-bond donors (Lipinski definition) is 0. The quantitative estimate of drug-likeness (QED) is 0.448. The van der Waals surface area contributed by atoms with E-state index in [9.17, 15) is 4.79 Å². The molecule has 7 atom stereocenters. The Labute approximate surface area is 120 Å². The van der Waals surface area contributed by atoms with Crippen molar-refractivity contribution in [2.75, 3.05) is 13.2 Å². The van der Waals surface area contributed by atoms with E-state index in [-0.39, 0.29) is 5.41 Å². The first-order valence-corrected chi connectivity index (χ1v) is 8.10. The normalized spacial score (nSPS) is 50.5. The van der Waals surface area contributed by atoms with Gasteiger partial charge in [-0.1, -0.05) is 19.1 Å². The molecule has 3 heteroatoms. The van der Waals surface area contributed by atoms with Gasteiger partial charge in [0.25, 0.3) is 0 Å². The summed E-state index contributed by atoms with van der Waals surface area (Å²) in [4.78, 5) is 11.4. The Kier molecular flexibility index (Phi) is 2.71. The Bertz CT molecular complexity index is 457. The van der Waals surface area contributed by atoms with E-state index in [1.165, 1.54) is 19.3 Å². The molecule has 3 fully saturated rings. The molecule has 0 spiro atoms. The zero-order valence-corrected chi connectivity index (χ0v) is 12.4. The first-order valence-electron chi connectivity index (χ1n) is 8.10. The lowest BCUT2D eigenvalue weighted by Gasteiger charge is -2.42. The summed E-state index contributed by atoms with van der Waals surface area (Å²) in [5.41, 5.74) is 0.177. The van der Waals surface area contributed by atoms with Crippen molar-refractivity contribution in [3.63, 3.8) is 0 Å². The summed E-state index contributed by atoms with van der Waals surface area (Å²) in [6.45, 7) is 5.06. The van der Waals surface area contributed by atoms with Gasteiger partial charge in [-0.15, -0.1) is 0 Å². The van der Waals surface area contributed by atoms with Gasteiger partial charge in [-0.25, -0.2) is 4.79 Å². The lowest BCUT2D eigenvalue weighted by atomic mass is 9.63. The van der Waals surface area contributed by atoms with Gasteiger partial charge in [-0.05, 0) is 61.7 Å². The third kappa shape index (κ3) is 1.61. The van der Waals surface area contributed by atoms with Gasteiger partial charge in [0.1, 0.15) is 6.61 Å². The van der Waals surface area contributed by atoms with Gasteiger partial charge in [0.05, 0.1) is 6.61 Å². The van der Waals surface area contributed by atoms with Crippen LogP contribution >= 0.6 is 0 Å². The Hall–Kier alpha value is -0.990. The smallest absolute Gasteiger partial charge is 0.435 e. The predicted molar refractivity (Wildman–Crippen MR) is 75.0 cm³/mol. The van der Waals surface area contributed by atoms with Gasteiger partial charge < -0.3 is 9.47 Å². The number of carbonyl (C=O) groups excluding carboxylic acids is 1. The monoisotopic (exact) mass is 276 g/mol. The van der Waals surface area contributed by atoms with Crippen LogP contribution in [0.25, 0.3) is 0 Å². The highest BCUT2D eigenvalue weighted by Crippen LogP contribution is 2.70. The van der Waals surface area contributed by atoms with Crippen LogP contribution in [0.2, 0.25) is 0 Å². The summed E-state index contributed by atoms with van der Waals surface area (Å²) in [5, 5.41) is 0. The zero-order valence-electron chi connectivity index (χ0n) is 12.4. The van der Waals surface area contributed by atoms with Gasteiger partial charge in [0.15, 0.2) is 0 Å². The lowest BCUT2D eigenvalue weighted by Crippen LogP contribution is -2.40. The van der Waals surface area contributed by atoms with E-state index in [1.807, 2.05) is 6.92 Å². The maximum Gasteiger partial charge on any atom is 0.508 e. The van der Waals surface area contributed by atoms with Gasteiger partial charge in [0, 0.05) is 5.41 Å². The number of rotatable bonds is 3. The van der Waals surface area contributed by atoms with Crippen molar-refractivity contribution in [2.24, 2.45) is 40.9 Å². The molecular formula is C17H24O3. The molecule has 4 rings (SSSR count). The maximum absolute atomic E-state index is 11.4. The van der Waals surface area contributed by atoms with E-state index in [0.29, 0.717) is 13.2 Å². The molecule has 0 N–H and O–H groups in total. The summed E-state index contributed by atoms with van der Waals surface area (Å²) in [7, 11) is 0. The average Bonchev–Trinajstić information content (AvgIpc) is 3.14. The molecule has 0 aromatic carbocycles. The van der Waals surface area contributed by atoms with Crippen LogP contribution in [-0.4, -0.2) is 19.4 Å². The van der Waals surface area contributed by atoms with Gasteiger partial charge in [0.2, 0.25) is 0 Å². The Morgan fingerprint density at radius 1 is 1.20 bits per heavy atom. The van der Waals surface area contributed by atoms with Crippen LogP contribution in [0.4, 0.5) is 4.79 Å². The molecule has 0 saturated heterocycles. The van der Waals surface area contributed by atoms with Crippen LogP contribution < -0.4 is 0 Å². The minimum Gasteiger partial charge on any atom is -0.435 e. The van der Waals surface area contributed by atoms with Gasteiger partial charge in [-0.2, -0.15) is 0 Å². The second kappa shape index (κ2) is 4.25. The zero-order chi connectivity index (χ0) is 13.9. The molecule has 7 unspecified atom stereocenters. The maximum atomic E-state index is 11.4.